The molecular formula is C27H26N4O5. The standard InChI is InChI=1S/C27H26N4O5/c1-18(26(33)29-20-11-13-21(14-12-20)35-17-19-7-3-2-4-8-19)36-24(32)15-16-28-27(34)25-22-9-5-6-10-23(22)30-31-25/h2-14,18H,15-17H2,1H3,(H,28,34)(H,29,33)(H,30,31). The quantitative estimate of drug-likeness (QED) is 0.293. The highest BCUT2D eigenvalue weighted by atomic mass is 16.5. The fourth-order valence-corrected chi connectivity index (χ4v) is 3.43. The van der Waals surface area contributed by atoms with Crippen LogP contribution >= 0.6 is 0 Å². The van der Waals surface area contributed by atoms with Crippen molar-refractivity contribution >= 4 is 34.4 Å². The molecule has 4 aromatic rings. The molecule has 0 saturated heterocycles. The van der Waals surface area contributed by atoms with Gasteiger partial charge >= 0.3 is 5.97 Å². The predicted molar refractivity (Wildman–Crippen MR) is 134 cm³/mol. The summed E-state index contributed by atoms with van der Waals surface area (Å²) in [5.41, 5.74) is 2.60. The van der Waals surface area contributed by atoms with Crippen LogP contribution in [0.3, 0.4) is 0 Å². The van der Waals surface area contributed by atoms with Gasteiger partial charge in [-0.05, 0) is 42.8 Å². The lowest BCUT2D eigenvalue weighted by molar-refractivity contribution is -0.153. The third-order valence-corrected chi connectivity index (χ3v) is 5.35. The van der Waals surface area contributed by atoms with Gasteiger partial charge in [0.2, 0.25) is 0 Å². The van der Waals surface area contributed by atoms with Gasteiger partial charge in [-0.1, -0.05) is 48.5 Å². The molecule has 0 radical (unpaired) electrons. The molecule has 36 heavy (non-hydrogen) atoms. The molecule has 0 aliphatic carbocycles. The van der Waals surface area contributed by atoms with E-state index in [-0.39, 0.29) is 18.7 Å². The van der Waals surface area contributed by atoms with Crippen LogP contribution in [-0.2, 0) is 20.9 Å². The zero-order valence-electron chi connectivity index (χ0n) is 19.7. The third-order valence-electron chi connectivity index (χ3n) is 5.35. The van der Waals surface area contributed by atoms with E-state index in [2.05, 4.69) is 20.8 Å². The molecule has 4 rings (SSSR count). The van der Waals surface area contributed by atoms with Gasteiger partial charge in [0.25, 0.3) is 11.8 Å². The Hall–Kier alpha value is -4.66. The number of benzene rings is 3. The molecule has 0 saturated carbocycles. The summed E-state index contributed by atoms with van der Waals surface area (Å²) >= 11 is 0. The first-order valence-electron chi connectivity index (χ1n) is 11.5. The summed E-state index contributed by atoms with van der Waals surface area (Å²) in [5, 5.41) is 12.8. The van der Waals surface area contributed by atoms with Gasteiger partial charge in [0, 0.05) is 17.6 Å². The average Bonchev–Trinajstić information content (AvgIpc) is 3.33. The Morgan fingerprint density at radius 3 is 2.44 bits per heavy atom. The van der Waals surface area contributed by atoms with Gasteiger partial charge < -0.3 is 20.1 Å². The van der Waals surface area contributed by atoms with Crippen LogP contribution in [0.1, 0.15) is 29.4 Å². The van der Waals surface area contributed by atoms with E-state index in [1.54, 1.807) is 30.3 Å². The molecule has 0 aliphatic heterocycles. The average molecular weight is 487 g/mol. The molecule has 0 aliphatic rings. The Bertz CT molecular complexity index is 1340. The lowest BCUT2D eigenvalue weighted by Gasteiger charge is -2.14. The monoisotopic (exact) mass is 486 g/mol. The van der Waals surface area contributed by atoms with E-state index in [0.717, 1.165) is 11.1 Å². The van der Waals surface area contributed by atoms with Crippen molar-refractivity contribution in [3.63, 3.8) is 0 Å². The van der Waals surface area contributed by atoms with Gasteiger partial charge in [-0.15, -0.1) is 0 Å². The molecule has 9 nitrogen and oxygen atoms in total. The van der Waals surface area contributed by atoms with Crippen LogP contribution in [0.15, 0.2) is 78.9 Å². The first-order valence-corrected chi connectivity index (χ1v) is 11.5. The van der Waals surface area contributed by atoms with Crippen molar-refractivity contribution in [3.8, 4) is 5.75 Å². The summed E-state index contributed by atoms with van der Waals surface area (Å²) in [6, 6.07) is 24.0. The summed E-state index contributed by atoms with van der Waals surface area (Å²) < 4.78 is 10.9. The van der Waals surface area contributed by atoms with Crippen molar-refractivity contribution < 1.29 is 23.9 Å². The number of anilines is 1. The molecule has 0 spiro atoms. The molecule has 9 heteroatoms. The van der Waals surface area contributed by atoms with Crippen LogP contribution in [0.2, 0.25) is 0 Å². The second-order valence-electron chi connectivity index (χ2n) is 8.04. The van der Waals surface area contributed by atoms with E-state index in [4.69, 9.17) is 9.47 Å². The highest BCUT2D eigenvalue weighted by Crippen LogP contribution is 2.18. The van der Waals surface area contributed by atoms with E-state index < -0.39 is 23.9 Å². The van der Waals surface area contributed by atoms with Gasteiger partial charge in [0.05, 0.1) is 11.9 Å². The molecule has 3 N–H and O–H groups in total. The van der Waals surface area contributed by atoms with E-state index in [1.807, 2.05) is 48.5 Å². The molecule has 1 atom stereocenters. The normalized spacial score (nSPS) is 11.5. The lowest BCUT2D eigenvalue weighted by Crippen LogP contribution is -2.32. The number of esters is 1. The van der Waals surface area contributed by atoms with Crippen molar-refractivity contribution in [2.24, 2.45) is 0 Å². The summed E-state index contributed by atoms with van der Waals surface area (Å²) in [6.45, 7) is 1.98. The third kappa shape index (κ3) is 6.47. The molecule has 0 fully saturated rings. The van der Waals surface area contributed by atoms with Crippen molar-refractivity contribution in [3.05, 3.63) is 90.1 Å². The number of ether oxygens (including phenoxy) is 2. The first kappa shape index (κ1) is 24.5. The van der Waals surface area contributed by atoms with E-state index in [9.17, 15) is 14.4 Å². The Labute approximate surface area is 207 Å². The number of carbonyl (C=O) groups excluding carboxylic acids is 3. The number of rotatable bonds is 10. The SMILES string of the molecule is CC(OC(=O)CCNC(=O)c1n[nH]c2ccccc12)C(=O)Nc1ccc(OCc2ccccc2)cc1. The van der Waals surface area contributed by atoms with E-state index in [1.165, 1.54) is 6.92 Å². The minimum atomic E-state index is -1.00. The molecule has 1 aromatic heterocycles. The summed E-state index contributed by atoms with van der Waals surface area (Å²) in [4.78, 5) is 36.9. The van der Waals surface area contributed by atoms with Gasteiger partial charge in [-0.25, -0.2) is 0 Å². The summed E-state index contributed by atoms with van der Waals surface area (Å²) in [5.74, 6) is -0.800. The second kappa shape index (κ2) is 11.7. The van der Waals surface area contributed by atoms with Crippen LogP contribution in [0.5, 0.6) is 5.75 Å². The molecule has 3 aromatic carbocycles. The maximum atomic E-state index is 12.4. The number of aromatic nitrogens is 2. The zero-order valence-corrected chi connectivity index (χ0v) is 19.7. The highest BCUT2D eigenvalue weighted by molar-refractivity contribution is 6.04. The fraction of sp³-hybridized carbons (Fsp3) is 0.185. The minimum absolute atomic E-state index is 0.0532. The van der Waals surface area contributed by atoms with Crippen LogP contribution in [0.4, 0.5) is 5.69 Å². The zero-order chi connectivity index (χ0) is 25.3. The number of para-hydroxylation sites is 1. The van der Waals surface area contributed by atoms with Crippen LogP contribution in [-0.4, -0.2) is 40.6 Å². The molecule has 1 unspecified atom stereocenters. The molecule has 0 bridgehead atoms. The van der Waals surface area contributed by atoms with E-state index in [0.29, 0.717) is 23.4 Å². The van der Waals surface area contributed by atoms with Crippen molar-refractivity contribution in [1.29, 1.82) is 0 Å². The number of carbonyl (C=O) groups is 3. The number of fused-ring (bicyclic) bond motifs is 1. The van der Waals surface area contributed by atoms with Crippen LogP contribution in [0.25, 0.3) is 10.9 Å². The van der Waals surface area contributed by atoms with Gasteiger partial charge in [0.15, 0.2) is 11.8 Å². The minimum Gasteiger partial charge on any atom is -0.489 e. The molecule has 184 valence electrons. The first-order chi connectivity index (χ1) is 17.5. The summed E-state index contributed by atoms with van der Waals surface area (Å²) in [7, 11) is 0. The number of H-pyrrole nitrogens is 1. The Morgan fingerprint density at radius 1 is 0.944 bits per heavy atom. The number of aromatic amines is 1. The maximum absolute atomic E-state index is 12.4. The van der Waals surface area contributed by atoms with Gasteiger partial charge in [-0.3, -0.25) is 19.5 Å². The number of nitrogens with zero attached hydrogens (tertiary/aromatic N) is 1. The van der Waals surface area contributed by atoms with Crippen LogP contribution in [0, 0.1) is 0 Å². The smallest absolute Gasteiger partial charge is 0.308 e. The van der Waals surface area contributed by atoms with Gasteiger partial charge in [-0.2, -0.15) is 5.10 Å². The fourth-order valence-electron chi connectivity index (χ4n) is 3.43. The Kier molecular flexibility index (Phi) is 7.92. The maximum Gasteiger partial charge on any atom is 0.308 e. The number of hydrogen-bond acceptors (Lipinski definition) is 6. The number of amides is 2. The molecule has 1 heterocycles. The lowest BCUT2D eigenvalue weighted by atomic mass is 10.2. The number of nitrogens with one attached hydrogen (secondary N) is 3. The second-order valence-corrected chi connectivity index (χ2v) is 8.04. The van der Waals surface area contributed by atoms with Crippen molar-refractivity contribution in [1.82, 2.24) is 15.5 Å². The van der Waals surface area contributed by atoms with Crippen LogP contribution < -0.4 is 15.4 Å². The summed E-state index contributed by atoms with van der Waals surface area (Å²) in [6.07, 6.45) is -1.09. The topological polar surface area (TPSA) is 122 Å². The number of hydrogen-bond donors (Lipinski definition) is 3. The van der Waals surface area contributed by atoms with Crippen molar-refractivity contribution in [2.75, 3.05) is 11.9 Å². The Morgan fingerprint density at radius 2 is 1.67 bits per heavy atom. The molecule has 2 amide bonds. The Balaban J connectivity index is 1.18. The molecular weight excluding hydrogens is 460 g/mol. The van der Waals surface area contributed by atoms with E-state index >= 15 is 0 Å². The van der Waals surface area contributed by atoms with Gasteiger partial charge in [0.1, 0.15) is 12.4 Å². The highest BCUT2D eigenvalue weighted by Gasteiger charge is 2.19. The largest absolute Gasteiger partial charge is 0.489 e. The van der Waals surface area contributed by atoms with Crippen molar-refractivity contribution in [2.45, 2.75) is 26.1 Å². The predicted octanol–water partition coefficient (Wildman–Crippen LogP) is 3.83.